The lowest BCUT2D eigenvalue weighted by atomic mass is 9.86. The molecule has 0 aliphatic carbocycles. The Hall–Kier alpha value is -1.35. The van der Waals surface area contributed by atoms with Gasteiger partial charge < -0.3 is 10.2 Å². The number of carbonyl (C=O) groups is 1. The van der Waals surface area contributed by atoms with E-state index in [1.165, 1.54) is 0 Å². The summed E-state index contributed by atoms with van der Waals surface area (Å²) in [6.07, 6.45) is 2.15. The SMILES string of the molecule is CCCNCCCN1C(=O)C(C)(C)c2ccccc21. The third kappa shape index (κ3) is 2.66. The van der Waals surface area contributed by atoms with Crippen molar-refractivity contribution in [3.8, 4) is 0 Å². The highest BCUT2D eigenvalue weighted by atomic mass is 16.2. The predicted octanol–water partition coefficient (Wildman–Crippen LogP) is 2.70. The van der Waals surface area contributed by atoms with E-state index in [4.69, 9.17) is 0 Å². The molecule has 1 aromatic carbocycles. The standard InChI is InChI=1S/C16H24N2O/c1-4-10-17-11-7-12-18-14-9-6-5-8-13(14)16(2,3)15(18)19/h5-6,8-9,17H,4,7,10-12H2,1-3H3. The highest BCUT2D eigenvalue weighted by Gasteiger charge is 2.42. The maximum atomic E-state index is 12.5. The molecule has 1 heterocycles. The maximum absolute atomic E-state index is 12.5. The minimum atomic E-state index is -0.382. The van der Waals surface area contributed by atoms with Gasteiger partial charge in [-0.1, -0.05) is 25.1 Å². The van der Waals surface area contributed by atoms with Crippen LogP contribution in [0.25, 0.3) is 0 Å². The minimum Gasteiger partial charge on any atom is -0.317 e. The number of amides is 1. The highest BCUT2D eigenvalue weighted by molar-refractivity contribution is 6.07. The summed E-state index contributed by atoms with van der Waals surface area (Å²) in [6.45, 7) is 9.02. The second-order valence-corrected chi connectivity index (χ2v) is 5.70. The summed E-state index contributed by atoms with van der Waals surface area (Å²) in [4.78, 5) is 14.5. The van der Waals surface area contributed by atoms with Crippen LogP contribution in [0.3, 0.4) is 0 Å². The fourth-order valence-corrected chi connectivity index (χ4v) is 2.69. The molecular formula is C16H24N2O. The number of nitrogens with zero attached hydrogens (tertiary/aromatic N) is 1. The molecule has 0 spiro atoms. The number of anilines is 1. The summed E-state index contributed by atoms with van der Waals surface area (Å²) in [5.74, 6) is 0.226. The van der Waals surface area contributed by atoms with E-state index in [0.29, 0.717) is 0 Å². The Balaban J connectivity index is 2.04. The summed E-state index contributed by atoms with van der Waals surface area (Å²) < 4.78 is 0. The van der Waals surface area contributed by atoms with E-state index in [1.54, 1.807) is 0 Å². The van der Waals surface area contributed by atoms with E-state index in [2.05, 4.69) is 24.4 Å². The first-order valence-corrected chi connectivity index (χ1v) is 7.21. The van der Waals surface area contributed by atoms with Gasteiger partial charge in [-0.3, -0.25) is 4.79 Å². The second-order valence-electron chi connectivity index (χ2n) is 5.70. The van der Waals surface area contributed by atoms with Crippen LogP contribution in [0.1, 0.15) is 39.2 Å². The number of fused-ring (bicyclic) bond motifs is 1. The number of rotatable bonds is 6. The highest BCUT2D eigenvalue weighted by Crippen LogP contribution is 2.41. The summed E-state index contributed by atoms with van der Waals surface area (Å²) >= 11 is 0. The fraction of sp³-hybridized carbons (Fsp3) is 0.562. The average Bonchev–Trinajstić information content (AvgIpc) is 2.60. The van der Waals surface area contributed by atoms with Crippen LogP contribution in [0.2, 0.25) is 0 Å². The molecule has 1 aromatic rings. The molecule has 0 aromatic heterocycles. The first kappa shape index (κ1) is 14.1. The molecule has 0 saturated heterocycles. The van der Waals surface area contributed by atoms with Crippen molar-refractivity contribution in [1.82, 2.24) is 5.32 Å². The number of hydrogen-bond donors (Lipinski definition) is 1. The van der Waals surface area contributed by atoms with Crippen LogP contribution in [-0.2, 0) is 10.2 Å². The van der Waals surface area contributed by atoms with Crippen molar-refractivity contribution in [1.29, 1.82) is 0 Å². The molecule has 1 amide bonds. The van der Waals surface area contributed by atoms with Crippen LogP contribution < -0.4 is 10.2 Å². The van der Waals surface area contributed by atoms with Crippen LogP contribution in [0, 0.1) is 0 Å². The van der Waals surface area contributed by atoms with Gasteiger partial charge in [0.25, 0.3) is 0 Å². The monoisotopic (exact) mass is 260 g/mol. The maximum Gasteiger partial charge on any atom is 0.237 e. The van der Waals surface area contributed by atoms with Gasteiger partial charge in [0.1, 0.15) is 0 Å². The Morgan fingerprint density at radius 1 is 1.21 bits per heavy atom. The quantitative estimate of drug-likeness (QED) is 0.798. The summed E-state index contributed by atoms with van der Waals surface area (Å²) in [5, 5.41) is 3.38. The molecule has 0 unspecified atom stereocenters. The van der Waals surface area contributed by atoms with E-state index in [-0.39, 0.29) is 11.3 Å². The van der Waals surface area contributed by atoms with Gasteiger partial charge in [0, 0.05) is 12.2 Å². The number of nitrogens with one attached hydrogen (secondary N) is 1. The zero-order valence-electron chi connectivity index (χ0n) is 12.2. The van der Waals surface area contributed by atoms with Crippen molar-refractivity contribution in [2.75, 3.05) is 24.5 Å². The second kappa shape index (κ2) is 5.74. The lowest BCUT2D eigenvalue weighted by Crippen LogP contribution is -2.37. The first-order valence-electron chi connectivity index (χ1n) is 7.21. The van der Waals surface area contributed by atoms with Crippen LogP contribution in [0.15, 0.2) is 24.3 Å². The van der Waals surface area contributed by atoms with Gasteiger partial charge in [0.15, 0.2) is 0 Å². The molecule has 1 aliphatic heterocycles. The summed E-state index contributed by atoms with van der Waals surface area (Å²) in [5.41, 5.74) is 1.86. The Morgan fingerprint density at radius 2 is 1.95 bits per heavy atom. The average molecular weight is 260 g/mol. The largest absolute Gasteiger partial charge is 0.317 e. The Morgan fingerprint density at radius 3 is 2.68 bits per heavy atom. The predicted molar refractivity (Wildman–Crippen MR) is 79.6 cm³/mol. The van der Waals surface area contributed by atoms with E-state index in [0.717, 1.165) is 43.7 Å². The van der Waals surface area contributed by atoms with Crippen molar-refractivity contribution >= 4 is 11.6 Å². The van der Waals surface area contributed by atoms with E-state index in [9.17, 15) is 4.79 Å². The molecule has 2 rings (SSSR count). The van der Waals surface area contributed by atoms with E-state index < -0.39 is 0 Å². The molecule has 3 nitrogen and oxygen atoms in total. The van der Waals surface area contributed by atoms with Gasteiger partial charge in [-0.15, -0.1) is 0 Å². The minimum absolute atomic E-state index is 0.226. The molecule has 0 bridgehead atoms. The van der Waals surface area contributed by atoms with Crippen molar-refractivity contribution in [3.63, 3.8) is 0 Å². The molecule has 1 aliphatic rings. The smallest absolute Gasteiger partial charge is 0.237 e. The summed E-state index contributed by atoms with van der Waals surface area (Å²) in [6, 6.07) is 8.15. The van der Waals surface area contributed by atoms with Gasteiger partial charge in [-0.2, -0.15) is 0 Å². The van der Waals surface area contributed by atoms with Crippen molar-refractivity contribution in [3.05, 3.63) is 29.8 Å². The topological polar surface area (TPSA) is 32.3 Å². The molecule has 0 atom stereocenters. The third-order valence-electron chi connectivity index (χ3n) is 3.81. The molecule has 0 saturated carbocycles. The molecule has 3 heteroatoms. The number of benzene rings is 1. The summed E-state index contributed by atoms with van der Waals surface area (Å²) in [7, 11) is 0. The zero-order valence-corrected chi connectivity index (χ0v) is 12.2. The van der Waals surface area contributed by atoms with Crippen LogP contribution in [0.4, 0.5) is 5.69 Å². The molecular weight excluding hydrogens is 236 g/mol. The fourth-order valence-electron chi connectivity index (χ4n) is 2.69. The molecule has 0 fully saturated rings. The van der Waals surface area contributed by atoms with Crippen LogP contribution >= 0.6 is 0 Å². The van der Waals surface area contributed by atoms with Gasteiger partial charge in [-0.05, 0) is 51.4 Å². The first-order chi connectivity index (χ1) is 9.09. The molecule has 1 N–H and O–H groups in total. The zero-order chi connectivity index (χ0) is 13.9. The number of para-hydroxylation sites is 1. The van der Waals surface area contributed by atoms with E-state index in [1.807, 2.05) is 30.9 Å². The van der Waals surface area contributed by atoms with Crippen molar-refractivity contribution in [2.24, 2.45) is 0 Å². The van der Waals surface area contributed by atoms with Crippen molar-refractivity contribution < 1.29 is 4.79 Å². The Labute approximate surface area is 116 Å². The molecule has 19 heavy (non-hydrogen) atoms. The normalized spacial score (nSPS) is 16.8. The Bertz CT molecular complexity index is 454. The van der Waals surface area contributed by atoms with Gasteiger partial charge in [-0.25, -0.2) is 0 Å². The van der Waals surface area contributed by atoms with Crippen LogP contribution in [0.5, 0.6) is 0 Å². The van der Waals surface area contributed by atoms with Gasteiger partial charge in [0.05, 0.1) is 5.41 Å². The third-order valence-corrected chi connectivity index (χ3v) is 3.81. The van der Waals surface area contributed by atoms with E-state index >= 15 is 0 Å². The molecule has 104 valence electrons. The number of carbonyl (C=O) groups excluding carboxylic acids is 1. The van der Waals surface area contributed by atoms with Crippen molar-refractivity contribution in [2.45, 2.75) is 39.0 Å². The van der Waals surface area contributed by atoms with Gasteiger partial charge >= 0.3 is 0 Å². The lowest BCUT2D eigenvalue weighted by Gasteiger charge is -2.20. The van der Waals surface area contributed by atoms with Gasteiger partial charge in [0.2, 0.25) is 5.91 Å². The molecule has 0 radical (unpaired) electrons. The van der Waals surface area contributed by atoms with Crippen LogP contribution in [-0.4, -0.2) is 25.5 Å². The lowest BCUT2D eigenvalue weighted by molar-refractivity contribution is -0.122. The number of hydrogen-bond acceptors (Lipinski definition) is 2. The Kier molecular flexibility index (Phi) is 4.25.